The van der Waals surface area contributed by atoms with Gasteiger partial charge in [0.05, 0.1) is 13.7 Å². The van der Waals surface area contributed by atoms with Crippen molar-refractivity contribution in [2.75, 3.05) is 40.4 Å². The minimum atomic E-state index is -4.16. The molecule has 0 atom stereocenters. The van der Waals surface area contributed by atoms with E-state index in [4.69, 9.17) is 9.66 Å². The molecule has 0 aromatic carbocycles. The van der Waals surface area contributed by atoms with E-state index < -0.39 is 10.4 Å². The van der Waals surface area contributed by atoms with E-state index in [2.05, 4.69) is 16.4 Å². The molecule has 0 radical (unpaired) electrons. The molecule has 0 aliphatic carbocycles. The van der Waals surface area contributed by atoms with E-state index in [-0.39, 0.29) is 12.5 Å². The summed E-state index contributed by atoms with van der Waals surface area (Å²) < 4.78 is 29.7. The summed E-state index contributed by atoms with van der Waals surface area (Å²) in [5.74, 6) is 0.169. The standard InChI is InChI=1S/C23H48N2O2.CH4O4S/c1-3-4-5-6-7-8-9-10-11-12-13-14-15-16-17-18-23(27)24-19-20-25(2)21-22-26;1-5-6(2,3)4/h26H,3-22H2,1-2H3,(H,24,27);1H3,(H,2,3,4). The van der Waals surface area contributed by atoms with E-state index in [0.717, 1.165) is 20.1 Å². The molecule has 3 N–H and O–H groups in total. The Morgan fingerprint density at radius 3 is 1.58 bits per heavy atom. The summed E-state index contributed by atoms with van der Waals surface area (Å²) >= 11 is 0. The molecular weight excluding hydrogens is 444 g/mol. The predicted molar refractivity (Wildman–Crippen MR) is 136 cm³/mol. The Balaban J connectivity index is 0. The number of nitrogens with one attached hydrogen (secondary N) is 1. The second-order valence-electron chi connectivity index (χ2n) is 8.67. The summed E-state index contributed by atoms with van der Waals surface area (Å²) in [6, 6.07) is 0. The third kappa shape index (κ3) is 33.5. The zero-order valence-electron chi connectivity index (χ0n) is 21.5. The van der Waals surface area contributed by atoms with Crippen molar-refractivity contribution in [3.05, 3.63) is 0 Å². The van der Waals surface area contributed by atoms with E-state index in [0.29, 0.717) is 19.5 Å². The van der Waals surface area contributed by atoms with Gasteiger partial charge in [-0.2, -0.15) is 8.42 Å². The molecule has 0 aromatic heterocycles. The topological polar surface area (TPSA) is 116 Å². The van der Waals surface area contributed by atoms with Crippen molar-refractivity contribution in [2.24, 2.45) is 0 Å². The summed E-state index contributed by atoms with van der Waals surface area (Å²) in [7, 11) is -1.34. The molecule has 1 amide bonds. The molecule has 0 heterocycles. The van der Waals surface area contributed by atoms with Crippen LogP contribution in [0.1, 0.15) is 110 Å². The van der Waals surface area contributed by atoms with Crippen LogP contribution in [0.2, 0.25) is 0 Å². The van der Waals surface area contributed by atoms with Crippen molar-refractivity contribution in [1.82, 2.24) is 10.2 Å². The highest BCUT2D eigenvalue weighted by molar-refractivity contribution is 7.80. The zero-order valence-corrected chi connectivity index (χ0v) is 22.3. The second-order valence-corrected chi connectivity index (χ2v) is 9.86. The molecule has 0 aromatic rings. The zero-order chi connectivity index (χ0) is 25.2. The van der Waals surface area contributed by atoms with Crippen molar-refractivity contribution in [3.8, 4) is 0 Å². The second kappa shape index (κ2) is 25.9. The number of carbonyl (C=O) groups is 1. The van der Waals surface area contributed by atoms with Crippen LogP contribution in [-0.2, 0) is 19.4 Å². The van der Waals surface area contributed by atoms with Gasteiger partial charge in [0.2, 0.25) is 5.91 Å². The highest BCUT2D eigenvalue weighted by Gasteiger charge is 2.02. The summed E-state index contributed by atoms with van der Waals surface area (Å²) in [4.78, 5) is 13.8. The van der Waals surface area contributed by atoms with Crippen LogP contribution in [0.15, 0.2) is 0 Å². The lowest BCUT2D eigenvalue weighted by Gasteiger charge is -2.15. The van der Waals surface area contributed by atoms with Gasteiger partial charge in [-0.15, -0.1) is 0 Å². The smallest absolute Gasteiger partial charge is 0.395 e. The molecule has 0 saturated heterocycles. The Hall–Kier alpha value is -0.740. The van der Waals surface area contributed by atoms with Gasteiger partial charge in [-0.1, -0.05) is 96.8 Å². The van der Waals surface area contributed by atoms with Crippen molar-refractivity contribution in [2.45, 2.75) is 110 Å². The third-order valence-electron chi connectivity index (χ3n) is 5.52. The number of aliphatic hydroxyl groups excluding tert-OH is 1. The van der Waals surface area contributed by atoms with Crippen LogP contribution in [0.5, 0.6) is 0 Å². The fourth-order valence-electron chi connectivity index (χ4n) is 3.41. The Morgan fingerprint density at radius 2 is 1.21 bits per heavy atom. The minimum Gasteiger partial charge on any atom is -0.395 e. The number of aliphatic hydroxyl groups is 1. The maximum atomic E-state index is 11.7. The molecule has 0 rings (SSSR count). The van der Waals surface area contributed by atoms with Crippen LogP contribution in [0.25, 0.3) is 0 Å². The lowest BCUT2D eigenvalue weighted by atomic mass is 10.0. The van der Waals surface area contributed by atoms with Gasteiger partial charge in [0.15, 0.2) is 0 Å². The van der Waals surface area contributed by atoms with Gasteiger partial charge in [0, 0.05) is 26.1 Å². The van der Waals surface area contributed by atoms with Crippen molar-refractivity contribution in [3.63, 3.8) is 0 Å². The molecule has 200 valence electrons. The molecule has 0 unspecified atom stereocenters. The van der Waals surface area contributed by atoms with Gasteiger partial charge in [-0.3, -0.25) is 13.5 Å². The van der Waals surface area contributed by atoms with Gasteiger partial charge < -0.3 is 15.3 Å². The third-order valence-corrected chi connectivity index (χ3v) is 5.94. The Labute approximate surface area is 203 Å². The summed E-state index contributed by atoms with van der Waals surface area (Å²) in [6.07, 6.45) is 20.9. The first-order valence-electron chi connectivity index (χ1n) is 12.9. The SMILES string of the molecule is CCCCCCCCCCCCCCCCCC(=O)NCCN(C)CCO.COS(=O)(=O)O. The van der Waals surface area contributed by atoms with E-state index in [1.54, 1.807) is 0 Å². The first kappa shape index (κ1) is 34.4. The van der Waals surface area contributed by atoms with Gasteiger partial charge in [-0.05, 0) is 13.5 Å². The van der Waals surface area contributed by atoms with E-state index in [9.17, 15) is 13.2 Å². The quantitative estimate of drug-likeness (QED) is 0.147. The average Bonchev–Trinajstić information content (AvgIpc) is 2.76. The molecule has 0 aliphatic heterocycles. The summed E-state index contributed by atoms with van der Waals surface area (Å²) in [6.45, 7) is 4.58. The molecule has 0 aliphatic rings. The summed E-state index contributed by atoms with van der Waals surface area (Å²) in [5, 5.41) is 11.8. The fraction of sp³-hybridized carbons (Fsp3) is 0.958. The van der Waals surface area contributed by atoms with E-state index in [1.165, 1.54) is 89.9 Å². The Morgan fingerprint density at radius 1 is 0.818 bits per heavy atom. The maximum Gasteiger partial charge on any atom is 0.397 e. The van der Waals surface area contributed by atoms with Gasteiger partial charge in [0.25, 0.3) is 0 Å². The van der Waals surface area contributed by atoms with Crippen molar-refractivity contribution < 1.29 is 27.1 Å². The van der Waals surface area contributed by atoms with Crippen LogP contribution in [-0.4, -0.2) is 69.3 Å². The highest BCUT2D eigenvalue weighted by Crippen LogP contribution is 2.13. The fourth-order valence-corrected chi connectivity index (χ4v) is 3.41. The molecule has 8 nitrogen and oxygen atoms in total. The van der Waals surface area contributed by atoms with Crippen LogP contribution in [0, 0.1) is 0 Å². The van der Waals surface area contributed by atoms with E-state index in [1.807, 2.05) is 11.9 Å². The van der Waals surface area contributed by atoms with E-state index >= 15 is 0 Å². The molecule has 0 bridgehead atoms. The maximum absolute atomic E-state index is 11.7. The number of likely N-dealkylation sites (N-methyl/N-ethyl adjacent to an activating group) is 1. The number of carbonyl (C=O) groups excluding carboxylic acids is 1. The van der Waals surface area contributed by atoms with Crippen LogP contribution >= 0.6 is 0 Å². The number of rotatable bonds is 22. The average molecular weight is 497 g/mol. The number of hydrogen-bond donors (Lipinski definition) is 3. The number of hydrogen-bond acceptors (Lipinski definition) is 6. The Kier molecular flexibility index (Phi) is 27.0. The minimum absolute atomic E-state index is 0.169. The molecule has 0 spiro atoms. The van der Waals surface area contributed by atoms with Crippen LogP contribution < -0.4 is 5.32 Å². The van der Waals surface area contributed by atoms with Gasteiger partial charge >= 0.3 is 10.4 Å². The van der Waals surface area contributed by atoms with Crippen LogP contribution in [0.3, 0.4) is 0 Å². The Bertz CT molecular complexity index is 517. The predicted octanol–water partition coefficient (Wildman–Crippen LogP) is 4.72. The summed E-state index contributed by atoms with van der Waals surface area (Å²) in [5.41, 5.74) is 0. The molecule has 33 heavy (non-hydrogen) atoms. The monoisotopic (exact) mass is 496 g/mol. The highest BCUT2D eigenvalue weighted by atomic mass is 32.3. The first-order valence-corrected chi connectivity index (χ1v) is 14.2. The van der Waals surface area contributed by atoms with Gasteiger partial charge in [0.1, 0.15) is 0 Å². The lowest BCUT2D eigenvalue weighted by molar-refractivity contribution is -0.121. The normalized spacial score (nSPS) is 11.3. The molecule has 0 saturated carbocycles. The first-order chi connectivity index (χ1) is 15.8. The number of amides is 1. The lowest BCUT2D eigenvalue weighted by Crippen LogP contribution is -2.34. The van der Waals surface area contributed by atoms with Crippen molar-refractivity contribution in [1.29, 1.82) is 0 Å². The number of nitrogens with zero attached hydrogens (tertiary/aromatic N) is 1. The van der Waals surface area contributed by atoms with Gasteiger partial charge in [-0.25, -0.2) is 0 Å². The van der Waals surface area contributed by atoms with Crippen LogP contribution in [0.4, 0.5) is 0 Å². The molecule has 0 fully saturated rings. The molecule has 9 heteroatoms. The molecular formula is C24H52N2O6S. The largest absolute Gasteiger partial charge is 0.397 e. The number of unbranched alkanes of at least 4 members (excludes halogenated alkanes) is 14. The van der Waals surface area contributed by atoms with Crippen molar-refractivity contribution >= 4 is 16.3 Å².